The maximum absolute atomic E-state index is 8.68. The van der Waals surface area contributed by atoms with Gasteiger partial charge in [-0.25, -0.2) is 9.97 Å². The monoisotopic (exact) mass is 229 g/mol. The van der Waals surface area contributed by atoms with E-state index in [0.717, 1.165) is 5.56 Å². The Labute approximate surface area is 98.4 Å². The first-order valence-corrected chi connectivity index (χ1v) is 5.13. The molecule has 4 heteroatoms. The van der Waals surface area contributed by atoms with E-state index in [2.05, 4.69) is 9.97 Å². The molecule has 2 aromatic rings. The van der Waals surface area contributed by atoms with Crippen LogP contribution in [-0.2, 0) is 6.42 Å². The smallest absolute Gasteiger partial charge is 0.150 e. The second-order valence-electron chi connectivity index (χ2n) is 3.26. The Morgan fingerprint density at radius 2 is 2.00 bits per heavy atom. The molecule has 0 atom stereocenters. The minimum atomic E-state index is 0.212. The van der Waals surface area contributed by atoms with Gasteiger partial charge in [0.1, 0.15) is 17.5 Å². The topological polar surface area (TPSA) is 49.6 Å². The van der Waals surface area contributed by atoms with E-state index in [9.17, 15) is 0 Å². The van der Waals surface area contributed by atoms with Gasteiger partial charge in [0.2, 0.25) is 0 Å². The van der Waals surface area contributed by atoms with E-state index in [1.165, 1.54) is 6.20 Å². The van der Waals surface area contributed by atoms with E-state index in [-0.39, 0.29) is 5.15 Å². The first-order chi connectivity index (χ1) is 7.79. The molecule has 0 bridgehead atoms. The molecule has 16 heavy (non-hydrogen) atoms. The van der Waals surface area contributed by atoms with Crippen LogP contribution >= 0.6 is 11.6 Å². The lowest BCUT2D eigenvalue weighted by Crippen LogP contribution is -1.98. The molecule has 0 fully saturated rings. The number of halogens is 1. The van der Waals surface area contributed by atoms with Crippen molar-refractivity contribution in [1.29, 1.82) is 5.26 Å². The van der Waals surface area contributed by atoms with E-state index >= 15 is 0 Å². The minimum absolute atomic E-state index is 0.212. The molecular formula is C12H8ClN3. The van der Waals surface area contributed by atoms with Crippen LogP contribution in [0.5, 0.6) is 0 Å². The predicted octanol–water partition coefficient (Wildman–Crippen LogP) is 2.59. The van der Waals surface area contributed by atoms with Crippen LogP contribution in [0.15, 0.2) is 36.5 Å². The predicted molar refractivity (Wildman–Crippen MR) is 61.0 cm³/mol. The van der Waals surface area contributed by atoms with E-state index in [0.29, 0.717) is 17.8 Å². The zero-order valence-electron chi connectivity index (χ0n) is 8.39. The Morgan fingerprint density at radius 1 is 1.25 bits per heavy atom. The van der Waals surface area contributed by atoms with E-state index in [4.69, 9.17) is 16.9 Å². The van der Waals surface area contributed by atoms with Crippen LogP contribution in [0, 0.1) is 11.3 Å². The van der Waals surface area contributed by atoms with Crippen molar-refractivity contribution >= 4 is 11.6 Å². The van der Waals surface area contributed by atoms with Crippen molar-refractivity contribution in [2.24, 2.45) is 0 Å². The molecule has 0 aliphatic rings. The Balaban J connectivity index is 2.24. The number of benzene rings is 1. The van der Waals surface area contributed by atoms with Gasteiger partial charge in [0.05, 0.1) is 0 Å². The van der Waals surface area contributed by atoms with Crippen LogP contribution in [-0.4, -0.2) is 9.97 Å². The molecule has 0 aliphatic carbocycles. The van der Waals surface area contributed by atoms with Gasteiger partial charge in [0.15, 0.2) is 5.15 Å². The van der Waals surface area contributed by atoms with E-state index in [1.807, 2.05) is 36.4 Å². The fourth-order valence-electron chi connectivity index (χ4n) is 1.33. The first kappa shape index (κ1) is 10.6. The van der Waals surface area contributed by atoms with Crippen LogP contribution < -0.4 is 0 Å². The Hall–Kier alpha value is -1.92. The summed E-state index contributed by atoms with van der Waals surface area (Å²) in [5, 5.41) is 8.90. The summed E-state index contributed by atoms with van der Waals surface area (Å²) in [6.07, 6.45) is 2.07. The summed E-state index contributed by atoms with van der Waals surface area (Å²) >= 11 is 5.82. The van der Waals surface area contributed by atoms with Gasteiger partial charge < -0.3 is 0 Å². The summed E-state index contributed by atoms with van der Waals surface area (Å²) in [5.41, 5.74) is 1.42. The highest BCUT2D eigenvalue weighted by Crippen LogP contribution is 2.12. The largest absolute Gasteiger partial charge is 0.240 e. The molecule has 0 amide bonds. The third-order valence-electron chi connectivity index (χ3n) is 2.12. The van der Waals surface area contributed by atoms with Gasteiger partial charge in [-0.15, -0.1) is 0 Å². The van der Waals surface area contributed by atoms with Crippen LogP contribution in [0.4, 0.5) is 0 Å². The molecule has 0 saturated carbocycles. The summed E-state index contributed by atoms with van der Waals surface area (Å²) in [7, 11) is 0. The summed E-state index contributed by atoms with van der Waals surface area (Å²) < 4.78 is 0. The van der Waals surface area contributed by atoms with Crippen molar-refractivity contribution in [3.63, 3.8) is 0 Å². The lowest BCUT2D eigenvalue weighted by molar-refractivity contribution is 0.963. The van der Waals surface area contributed by atoms with Gasteiger partial charge >= 0.3 is 0 Å². The molecule has 0 aliphatic heterocycles. The van der Waals surface area contributed by atoms with Crippen LogP contribution in [0.25, 0.3) is 0 Å². The molecule has 1 aromatic heterocycles. The minimum Gasteiger partial charge on any atom is -0.240 e. The number of rotatable bonds is 2. The molecule has 78 valence electrons. The summed E-state index contributed by atoms with van der Waals surface area (Å²) in [4.78, 5) is 8.16. The van der Waals surface area contributed by atoms with Gasteiger partial charge in [0, 0.05) is 12.6 Å². The zero-order valence-corrected chi connectivity index (χ0v) is 9.15. The third-order valence-corrected chi connectivity index (χ3v) is 2.41. The first-order valence-electron chi connectivity index (χ1n) is 4.75. The zero-order chi connectivity index (χ0) is 11.4. The molecule has 2 rings (SSSR count). The molecular weight excluding hydrogens is 222 g/mol. The molecule has 0 spiro atoms. The van der Waals surface area contributed by atoms with Crippen molar-refractivity contribution < 1.29 is 0 Å². The SMILES string of the molecule is N#Cc1cnc(Cc2ccccc2)nc1Cl. The van der Waals surface area contributed by atoms with Gasteiger partial charge in [0.25, 0.3) is 0 Å². The third kappa shape index (κ3) is 2.36. The number of aromatic nitrogens is 2. The van der Waals surface area contributed by atoms with Gasteiger partial charge in [-0.05, 0) is 5.56 Å². The number of nitriles is 1. The Morgan fingerprint density at radius 3 is 2.62 bits per heavy atom. The van der Waals surface area contributed by atoms with Gasteiger partial charge in [-0.2, -0.15) is 5.26 Å². The molecule has 0 radical (unpaired) electrons. The lowest BCUT2D eigenvalue weighted by atomic mass is 10.1. The van der Waals surface area contributed by atoms with Crippen molar-refractivity contribution in [2.75, 3.05) is 0 Å². The van der Waals surface area contributed by atoms with Crippen molar-refractivity contribution in [2.45, 2.75) is 6.42 Å². The second-order valence-corrected chi connectivity index (χ2v) is 3.62. The highest BCUT2D eigenvalue weighted by atomic mass is 35.5. The normalized spacial score (nSPS) is 9.75. The van der Waals surface area contributed by atoms with E-state index < -0.39 is 0 Å². The number of nitrogens with zero attached hydrogens (tertiary/aromatic N) is 3. The highest BCUT2D eigenvalue weighted by molar-refractivity contribution is 6.30. The van der Waals surface area contributed by atoms with Crippen LogP contribution in [0.3, 0.4) is 0 Å². The maximum atomic E-state index is 8.68. The standard InChI is InChI=1S/C12H8ClN3/c13-12-10(7-14)8-15-11(16-12)6-9-4-2-1-3-5-9/h1-5,8H,6H2. The molecule has 0 unspecified atom stereocenters. The Kier molecular flexibility index (Phi) is 3.13. The van der Waals surface area contributed by atoms with Crippen LogP contribution in [0.2, 0.25) is 5.15 Å². The van der Waals surface area contributed by atoms with Crippen molar-refractivity contribution in [1.82, 2.24) is 9.97 Å². The van der Waals surface area contributed by atoms with Crippen molar-refractivity contribution in [3.8, 4) is 6.07 Å². The van der Waals surface area contributed by atoms with Crippen LogP contribution in [0.1, 0.15) is 17.0 Å². The summed E-state index contributed by atoms with van der Waals surface area (Å²) in [6, 6.07) is 11.8. The average molecular weight is 230 g/mol. The molecule has 3 nitrogen and oxygen atoms in total. The Bertz CT molecular complexity index is 532. The lowest BCUT2D eigenvalue weighted by Gasteiger charge is -2.01. The second kappa shape index (κ2) is 4.73. The maximum Gasteiger partial charge on any atom is 0.150 e. The van der Waals surface area contributed by atoms with E-state index in [1.54, 1.807) is 0 Å². The molecule has 0 saturated heterocycles. The number of hydrogen-bond acceptors (Lipinski definition) is 3. The highest BCUT2D eigenvalue weighted by Gasteiger charge is 2.04. The number of hydrogen-bond donors (Lipinski definition) is 0. The van der Waals surface area contributed by atoms with Gasteiger partial charge in [-0.3, -0.25) is 0 Å². The molecule has 0 N–H and O–H groups in total. The quantitative estimate of drug-likeness (QED) is 0.744. The summed E-state index contributed by atoms with van der Waals surface area (Å²) in [6.45, 7) is 0. The fourth-order valence-corrected chi connectivity index (χ4v) is 1.52. The van der Waals surface area contributed by atoms with Crippen molar-refractivity contribution in [3.05, 3.63) is 58.6 Å². The van der Waals surface area contributed by atoms with Gasteiger partial charge in [-0.1, -0.05) is 41.9 Å². The molecule has 1 heterocycles. The molecule has 1 aromatic carbocycles. The summed E-state index contributed by atoms with van der Waals surface area (Å²) in [5.74, 6) is 0.621. The average Bonchev–Trinajstić information content (AvgIpc) is 2.31. The fraction of sp³-hybridized carbons (Fsp3) is 0.0833.